The number of carbonyl (C=O) groups excluding carboxylic acids is 2. The molecule has 0 radical (unpaired) electrons. The first-order valence-corrected chi connectivity index (χ1v) is 8.49. The van der Waals surface area contributed by atoms with E-state index >= 15 is 0 Å². The molecule has 0 saturated heterocycles. The Morgan fingerprint density at radius 3 is 2.48 bits per heavy atom. The van der Waals surface area contributed by atoms with E-state index in [2.05, 4.69) is 31.8 Å². The van der Waals surface area contributed by atoms with E-state index in [1.165, 1.54) is 0 Å². The van der Waals surface area contributed by atoms with Crippen LogP contribution < -0.4 is 10.7 Å². The Labute approximate surface area is 162 Å². The maximum atomic E-state index is 11.8. The van der Waals surface area contributed by atoms with Gasteiger partial charge in [-0.3, -0.25) is 19.7 Å². The van der Waals surface area contributed by atoms with Crippen LogP contribution in [0, 0.1) is 10.1 Å². The van der Waals surface area contributed by atoms with Gasteiger partial charge in [0, 0.05) is 40.7 Å². The van der Waals surface area contributed by atoms with E-state index in [0.29, 0.717) is 5.69 Å². The van der Waals surface area contributed by atoms with Gasteiger partial charge in [0.15, 0.2) is 0 Å². The summed E-state index contributed by atoms with van der Waals surface area (Å²) in [6.07, 6.45) is 0.947. The number of nitro groups is 1. The molecule has 0 aliphatic heterocycles. The second kappa shape index (κ2) is 9.43. The normalized spacial score (nSPS) is 10.6. The van der Waals surface area contributed by atoms with Gasteiger partial charge in [-0.15, -0.1) is 0 Å². The first-order chi connectivity index (χ1) is 12.8. The summed E-state index contributed by atoms with van der Waals surface area (Å²) in [5.41, 5.74) is 2.67. The van der Waals surface area contributed by atoms with Crippen LogP contribution in [-0.4, -0.2) is 28.1 Å². The van der Waals surface area contributed by atoms with Gasteiger partial charge in [0.2, 0.25) is 11.8 Å². The molecule has 0 saturated carbocycles. The number of carbonyl (C=O) groups is 2. The molecule has 2 rings (SSSR count). The second-order valence-electron chi connectivity index (χ2n) is 5.35. The fourth-order valence-corrected chi connectivity index (χ4v) is 2.24. The lowest BCUT2D eigenvalue weighted by Crippen LogP contribution is -2.20. The smallest absolute Gasteiger partial charge is 0.270 e. The number of nitrogens with one attached hydrogen (secondary N) is 2. The minimum Gasteiger partial charge on any atom is -0.507 e. The van der Waals surface area contributed by atoms with E-state index in [0.717, 1.165) is 28.9 Å². The highest BCUT2D eigenvalue weighted by Gasteiger charge is 2.09. The maximum absolute atomic E-state index is 11.8. The molecule has 27 heavy (non-hydrogen) atoms. The topological polar surface area (TPSA) is 134 Å². The van der Waals surface area contributed by atoms with Crippen molar-refractivity contribution in [2.45, 2.75) is 12.8 Å². The molecule has 140 valence electrons. The van der Waals surface area contributed by atoms with E-state index in [1.807, 2.05) is 0 Å². The van der Waals surface area contributed by atoms with E-state index in [-0.39, 0.29) is 35.7 Å². The molecule has 2 amide bonds. The van der Waals surface area contributed by atoms with Gasteiger partial charge < -0.3 is 10.4 Å². The highest BCUT2D eigenvalue weighted by atomic mass is 79.9. The molecule has 0 fully saturated rings. The average Bonchev–Trinajstić information content (AvgIpc) is 2.63. The van der Waals surface area contributed by atoms with Crippen LogP contribution in [0.2, 0.25) is 0 Å². The van der Waals surface area contributed by atoms with Gasteiger partial charge >= 0.3 is 0 Å². The molecule has 0 aliphatic carbocycles. The monoisotopic (exact) mass is 434 g/mol. The first kappa shape index (κ1) is 20.0. The molecule has 10 heteroatoms. The van der Waals surface area contributed by atoms with Gasteiger partial charge in [0.25, 0.3) is 5.69 Å². The third-order valence-electron chi connectivity index (χ3n) is 3.32. The molecule has 2 aromatic carbocycles. The summed E-state index contributed by atoms with van der Waals surface area (Å²) in [7, 11) is 0. The third kappa shape index (κ3) is 6.51. The average molecular weight is 435 g/mol. The third-order valence-corrected chi connectivity index (χ3v) is 3.85. The largest absolute Gasteiger partial charge is 0.507 e. The number of phenolic OH excluding ortho intramolecular Hbond substituents is 1. The van der Waals surface area contributed by atoms with Crippen LogP contribution in [0.15, 0.2) is 52.0 Å². The maximum Gasteiger partial charge on any atom is 0.270 e. The van der Waals surface area contributed by atoms with Crippen LogP contribution in [0.3, 0.4) is 0 Å². The lowest BCUT2D eigenvalue weighted by molar-refractivity contribution is -0.384. The van der Waals surface area contributed by atoms with Crippen LogP contribution >= 0.6 is 15.9 Å². The van der Waals surface area contributed by atoms with Crippen LogP contribution in [0.1, 0.15) is 18.4 Å². The lowest BCUT2D eigenvalue weighted by atomic mass is 10.2. The highest BCUT2D eigenvalue weighted by molar-refractivity contribution is 9.10. The molecule has 0 spiro atoms. The standard InChI is InChI=1S/C17H15BrN4O5/c18-12-1-3-13(4-2-12)20-16(24)7-8-17(25)21-19-10-11-9-14(22(26)27)5-6-15(11)23/h1-6,9-10,23H,7-8H2,(H,20,24)(H,21,25)/b19-10-. The summed E-state index contributed by atoms with van der Waals surface area (Å²) < 4.78 is 0.882. The molecular weight excluding hydrogens is 420 g/mol. The summed E-state index contributed by atoms with van der Waals surface area (Å²) in [4.78, 5) is 33.6. The van der Waals surface area contributed by atoms with Crippen molar-refractivity contribution in [3.63, 3.8) is 0 Å². The first-order valence-electron chi connectivity index (χ1n) is 7.70. The van der Waals surface area contributed by atoms with Crippen LogP contribution in [0.25, 0.3) is 0 Å². The number of hydrogen-bond donors (Lipinski definition) is 3. The molecular formula is C17H15BrN4O5. The van der Waals surface area contributed by atoms with Crippen molar-refractivity contribution in [1.29, 1.82) is 0 Å². The molecule has 0 aromatic heterocycles. The Bertz CT molecular complexity index is 883. The van der Waals surface area contributed by atoms with Gasteiger partial charge in [-0.2, -0.15) is 5.10 Å². The number of rotatable bonds is 7. The molecule has 0 bridgehead atoms. The molecule has 9 nitrogen and oxygen atoms in total. The molecule has 0 unspecified atom stereocenters. The van der Waals surface area contributed by atoms with Gasteiger partial charge in [0.05, 0.1) is 11.1 Å². The number of aromatic hydroxyl groups is 1. The molecule has 2 aromatic rings. The van der Waals surface area contributed by atoms with Gasteiger partial charge in [-0.1, -0.05) is 15.9 Å². The minimum atomic E-state index is -0.612. The summed E-state index contributed by atoms with van der Waals surface area (Å²) in [6.45, 7) is 0. The number of benzene rings is 2. The molecule has 0 atom stereocenters. The SMILES string of the molecule is O=C(CCC(=O)Nc1ccc(Br)cc1)N/N=C\c1cc([N+](=O)[O-])ccc1O. The summed E-state index contributed by atoms with van der Waals surface area (Å²) in [5, 5.41) is 26.6. The van der Waals surface area contributed by atoms with E-state index in [4.69, 9.17) is 0 Å². The number of phenols is 1. The Balaban J connectivity index is 1.81. The highest BCUT2D eigenvalue weighted by Crippen LogP contribution is 2.21. The Morgan fingerprint density at radius 2 is 1.81 bits per heavy atom. The van der Waals surface area contributed by atoms with Crippen molar-refractivity contribution in [3.05, 3.63) is 62.6 Å². The van der Waals surface area contributed by atoms with Crippen molar-refractivity contribution >= 4 is 45.3 Å². The minimum absolute atomic E-state index is 0.0422. The van der Waals surface area contributed by atoms with Crippen molar-refractivity contribution < 1.29 is 19.6 Å². The van der Waals surface area contributed by atoms with E-state index < -0.39 is 10.8 Å². The van der Waals surface area contributed by atoms with Crippen molar-refractivity contribution in [2.75, 3.05) is 5.32 Å². The zero-order chi connectivity index (χ0) is 19.8. The molecule has 3 N–H and O–H groups in total. The van der Waals surface area contributed by atoms with Gasteiger partial charge in [-0.05, 0) is 30.3 Å². The zero-order valence-corrected chi connectivity index (χ0v) is 15.5. The van der Waals surface area contributed by atoms with E-state index in [1.54, 1.807) is 24.3 Å². The van der Waals surface area contributed by atoms with Crippen LogP contribution in [0.5, 0.6) is 5.75 Å². The van der Waals surface area contributed by atoms with Crippen LogP contribution in [0.4, 0.5) is 11.4 Å². The number of anilines is 1. The zero-order valence-electron chi connectivity index (χ0n) is 13.9. The second-order valence-corrected chi connectivity index (χ2v) is 6.26. The fraction of sp³-hybridized carbons (Fsp3) is 0.118. The predicted octanol–water partition coefficient (Wildman–Crippen LogP) is 2.93. The molecule has 0 heterocycles. The quantitative estimate of drug-likeness (QED) is 0.349. The predicted molar refractivity (Wildman–Crippen MR) is 103 cm³/mol. The molecule has 0 aliphatic rings. The fourth-order valence-electron chi connectivity index (χ4n) is 1.97. The summed E-state index contributed by atoms with van der Waals surface area (Å²) in [6, 6.07) is 10.4. The van der Waals surface area contributed by atoms with Crippen LogP contribution in [-0.2, 0) is 9.59 Å². The number of nitrogens with zero attached hydrogens (tertiary/aromatic N) is 2. The van der Waals surface area contributed by atoms with E-state index in [9.17, 15) is 24.8 Å². The summed E-state index contributed by atoms with van der Waals surface area (Å²) in [5.74, 6) is -1.05. The summed E-state index contributed by atoms with van der Waals surface area (Å²) >= 11 is 3.29. The van der Waals surface area contributed by atoms with Gasteiger partial charge in [0.1, 0.15) is 5.75 Å². The van der Waals surface area contributed by atoms with Crippen molar-refractivity contribution in [1.82, 2.24) is 5.43 Å². The van der Waals surface area contributed by atoms with Crippen molar-refractivity contribution in [2.24, 2.45) is 5.10 Å². The lowest BCUT2D eigenvalue weighted by Gasteiger charge is -2.05. The van der Waals surface area contributed by atoms with Crippen molar-refractivity contribution in [3.8, 4) is 5.75 Å². The number of non-ortho nitro benzene ring substituents is 1. The number of hydrazone groups is 1. The number of hydrogen-bond acceptors (Lipinski definition) is 6. The number of nitro benzene ring substituents is 1. The Kier molecular flexibility index (Phi) is 7.00. The Hall–Kier alpha value is -3.27. The number of amides is 2. The Morgan fingerprint density at radius 1 is 1.15 bits per heavy atom. The number of halogens is 1. The van der Waals surface area contributed by atoms with Gasteiger partial charge in [-0.25, -0.2) is 5.43 Å².